The SMILES string of the molecule is C#CC1CN(C)C(=O)C1F. The summed E-state index contributed by atoms with van der Waals surface area (Å²) in [6.45, 7) is 0.344. The van der Waals surface area contributed by atoms with E-state index >= 15 is 0 Å². The van der Waals surface area contributed by atoms with Gasteiger partial charge in [0.1, 0.15) is 0 Å². The van der Waals surface area contributed by atoms with Gasteiger partial charge in [0.2, 0.25) is 0 Å². The van der Waals surface area contributed by atoms with Gasteiger partial charge in [0.25, 0.3) is 5.91 Å². The van der Waals surface area contributed by atoms with Crippen LogP contribution in [0.3, 0.4) is 0 Å². The molecule has 54 valence electrons. The molecule has 3 heteroatoms. The number of halogens is 1. The second-order valence-corrected chi connectivity index (χ2v) is 2.39. The molecule has 10 heavy (non-hydrogen) atoms. The number of alkyl halides is 1. The van der Waals surface area contributed by atoms with Crippen LogP contribution in [0.5, 0.6) is 0 Å². The predicted molar refractivity (Wildman–Crippen MR) is 34.9 cm³/mol. The first-order chi connectivity index (χ1) is 4.66. The van der Waals surface area contributed by atoms with E-state index in [4.69, 9.17) is 6.42 Å². The van der Waals surface area contributed by atoms with Crippen molar-refractivity contribution in [1.82, 2.24) is 4.90 Å². The predicted octanol–water partition coefficient (Wildman–Crippen LogP) is 0.0459. The highest BCUT2D eigenvalue weighted by Gasteiger charge is 2.37. The molecule has 0 saturated carbocycles. The summed E-state index contributed by atoms with van der Waals surface area (Å²) >= 11 is 0. The maximum atomic E-state index is 12.7. The van der Waals surface area contributed by atoms with Crippen molar-refractivity contribution in [3.63, 3.8) is 0 Å². The summed E-state index contributed by atoms with van der Waals surface area (Å²) in [5.41, 5.74) is 0. The van der Waals surface area contributed by atoms with E-state index in [0.29, 0.717) is 6.54 Å². The second-order valence-electron chi connectivity index (χ2n) is 2.39. The topological polar surface area (TPSA) is 20.3 Å². The average molecular weight is 141 g/mol. The molecule has 2 unspecified atom stereocenters. The summed E-state index contributed by atoms with van der Waals surface area (Å²) in [6, 6.07) is 0. The van der Waals surface area contributed by atoms with Crippen molar-refractivity contribution in [2.45, 2.75) is 6.17 Å². The van der Waals surface area contributed by atoms with Crippen molar-refractivity contribution >= 4 is 5.91 Å². The third-order valence-electron chi connectivity index (χ3n) is 1.65. The van der Waals surface area contributed by atoms with E-state index in [9.17, 15) is 9.18 Å². The number of terminal acetylenes is 1. The number of amides is 1. The molecule has 1 aliphatic rings. The number of hydrogen-bond acceptors (Lipinski definition) is 1. The highest BCUT2D eigenvalue weighted by atomic mass is 19.1. The largest absolute Gasteiger partial charge is 0.342 e. The number of carbonyl (C=O) groups excluding carboxylic acids is 1. The number of nitrogens with zero attached hydrogens (tertiary/aromatic N) is 1. The third-order valence-corrected chi connectivity index (χ3v) is 1.65. The Morgan fingerprint density at radius 3 is 2.70 bits per heavy atom. The fraction of sp³-hybridized carbons (Fsp3) is 0.571. The number of carbonyl (C=O) groups is 1. The van der Waals surface area contributed by atoms with Crippen molar-refractivity contribution in [1.29, 1.82) is 0 Å². The van der Waals surface area contributed by atoms with Gasteiger partial charge in [0.05, 0.1) is 5.92 Å². The van der Waals surface area contributed by atoms with Gasteiger partial charge in [-0.3, -0.25) is 4.79 Å². The lowest BCUT2D eigenvalue weighted by molar-refractivity contribution is -0.130. The molecule has 1 saturated heterocycles. The lowest BCUT2D eigenvalue weighted by Crippen LogP contribution is -2.23. The fourth-order valence-electron chi connectivity index (χ4n) is 0.997. The molecule has 0 N–H and O–H groups in total. The van der Waals surface area contributed by atoms with Gasteiger partial charge in [0, 0.05) is 13.6 Å². The molecule has 2 nitrogen and oxygen atoms in total. The first-order valence-corrected chi connectivity index (χ1v) is 3.02. The highest BCUT2D eigenvalue weighted by molar-refractivity contribution is 5.83. The summed E-state index contributed by atoms with van der Waals surface area (Å²) in [5.74, 6) is 1.20. The van der Waals surface area contributed by atoms with Gasteiger partial charge in [-0.15, -0.1) is 6.42 Å². The molecule has 1 fully saturated rings. The highest BCUT2D eigenvalue weighted by Crippen LogP contribution is 2.18. The van der Waals surface area contributed by atoms with E-state index in [1.54, 1.807) is 7.05 Å². The zero-order valence-electron chi connectivity index (χ0n) is 5.67. The first-order valence-electron chi connectivity index (χ1n) is 3.02. The van der Waals surface area contributed by atoms with Crippen molar-refractivity contribution < 1.29 is 9.18 Å². The van der Waals surface area contributed by atoms with Crippen LogP contribution in [0.25, 0.3) is 0 Å². The van der Waals surface area contributed by atoms with Crippen LogP contribution in [-0.4, -0.2) is 30.6 Å². The van der Waals surface area contributed by atoms with Gasteiger partial charge in [0.15, 0.2) is 6.17 Å². The average Bonchev–Trinajstić information content (AvgIpc) is 2.17. The smallest absolute Gasteiger partial charge is 0.258 e. The Balaban J connectivity index is 2.73. The van der Waals surface area contributed by atoms with Crippen LogP contribution < -0.4 is 0 Å². The third kappa shape index (κ3) is 0.860. The zero-order valence-corrected chi connectivity index (χ0v) is 5.67. The zero-order chi connectivity index (χ0) is 7.72. The van der Waals surface area contributed by atoms with Crippen molar-refractivity contribution in [2.24, 2.45) is 5.92 Å². The molecule has 0 aromatic heterocycles. The maximum Gasteiger partial charge on any atom is 0.258 e. The van der Waals surface area contributed by atoms with Crippen molar-refractivity contribution in [3.8, 4) is 12.3 Å². The minimum Gasteiger partial charge on any atom is -0.342 e. The molecule has 0 aromatic rings. The number of hydrogen-bond donors (Lipinski definition) is 0. The molecule has 0 bridgehead atoms. The second kappa shape index (κ2) is 2.30. The minimum absolute atomic E-state index is 0.344. The van der Waals surface area contributed by atoms with E-state index in [2.05, 4.69) is 5.92 Å². The normalized spacial score (nSPS) is 32.5. The molecule has 0 aliphatic carbocycles. The Kier molecular flexibility index (Phi) is 1.62. The van der Waals surface area contributed by atoms with Crippen LogP contribution >= 0.6 is 0 Å². The van der Waals surface area contributed by atoms with E-state index in [1.165, 1.54) is 4.90 Å². The van der Waals surface area contributed by atoms with Crippen LogP contribution in [0.2, 0.25) is 0 Å². The molecule has 1 amide bonds. The maximum absolute atomic E-state index is 12.7. The van der Waals surface area contributed by atoms with Gasteiger partial charge in [-0.25, -0.2) is 4.39 Å². The quantitative estimate of drug-likeness (QED) is 0.436. The summed E-state index contributed by atoms with van der Waals surface area (Å²) in [5, 5.41) is 0. The standard InChI is InChI=1S/C7H8FNO/c1-3-5-4-9(2)7(10)6(5)8/h1,5-6H,4H2,2H3. The monoisotopic (exact) mass is 141 g/mol. The van der Waals surface area contributed by atoms with E-state index < -0.39 is 18.0 Å². The van der Waals surface area contributed by atoms with Gasteiger partial charge in [-0.2, -0.15) is 0 Å². The molecule has 0 radical (unpaired) electrons. The molecule has 0 spiro atoms. The minimum atomic E-state index is -1.48. The Hall–Kier alpha value is -1.04. The molecular formula is C7H8FNO. The number of likely N-dealkylation sites (tertiary alicyclic amines) is 1. The summed E-state index contributed by atoms with van der Waals surface area (Å²) in [4.78, 5) is 12.0. The Morgan fingerprint density at radius 2 is 2.50 bits per heavy atom. The molecule has 1 rings (SSSR count). The molecule has 1 aliphatic heterocycles. The van der Waals surface area contributed by atoms with Gasteiger partial charge < -0.3 is 4.90 Å². The van der Waals surface area contributed by atoms with Crippen molar-refractivity contribution in [3.05, 3.63) is 0 Å². The molecule has 0 aromatic carbocycles. The van der Waals surface area contributed by atoms with E-state index in [-0.39, 0.29) is 0 Å². The van der Waals surface area contributed by atoms with Crippen LogP contribution in [0.1, 0.15) is 0 Å². The first kappa shape index (κ1) is 7.07. The molecule has 1 heterocycles. The Labute approximate surface area is 59.0 Å². The van der Waals surface area contributed by atoms with Crippen LogP contribution in [0.4, 0.5) is 4.39 Å². The summed E-state index contributed by atoms with van der Waals surface area (Å²) < 4.78 is 12.7. The van der Waals surface area contributed by atoms with E-state index in [0.717, 1.165) is 0 Å². The van der Waals surface area contributed by atoms with Gasteiger partial charge in [-0.1, -0.05) is 5.92 Å². The molecular weight excluding hydrogens is 133 g/mol. The Morgan fingerprint density at radius 1 is 1.90 bits per heavy atom. The fourth-order valence-corrected chi connectivity index (χ4v) is 0.997. The lowest BCUT2D eigenvalue weighted by atomic mass is 10.1. The Bertz CT molecular complexity index is 196. The summed E-state index contributed by atoms with van der Waals surface area (Å²) in [6.07, 6.45) is 3.50. The van der Waals surface area contributed by atoms with Gasteiger partial charge in [-0.05, 0) is 0 Å². The lowest BCUT2D eigenvalue weighted by Gasteiger charge is -2.04. The van der Waals surface area contributed by atoms with Crippen LogP contribution in [0.15, 0.2) is 0 Å². The van der Waals surface area contributed by atoms with Crippen LogP contribution in [0, 0.1) is 18.3 Å². The van der Waals surface area contributed by atoms with E-state index in [1.807, 2.05) is 0 Å². The van der Waals surface area contributed by atoms with Crippen molar-refractivity contribution in [2.75, 3.05) is 13.6 Å². The van der Waals surface area contributed by atoms with Gasteiger partial charge >= 0.3 is 0 Å². The number of rotatable bonds is 0. The van der Waals surface area contributed by atoms with Crippen LogP contribution in [-0.2, 0) is 4.79 Å². The molecule has 2 atom stereocenters. The summed E-state index contributed by atoms with van der Waals surface area (Å²) in [7, 11) is 1.55.